The van der Waals surface area contributed by atoms with E-state index in [1.165, 1.54) is 6.08 Å². The summed E-state index contributed by atoms with van der Waals surface area (Å²) in [5.41, 5.74) is 0.369. The molecule has 0 saturated carbocycles. The second kappa shape index (κ2) is 16.3. The summed E-state index contributed by atoms with van der Waals surface area (Å²) in [6.07, 6.45) is 8.75. The van der Waals surface area contributed by atoms with Gasteiger partial charge in [0.15, 0.2) is 23.1 Å². The fourth-order valence-corrected chi connectivity index (χ4v) is 12.9. The lowest BCUT2D eigenvalue weighted by molar-refractivity contribution is -0.367. The molecule has 9 aliphatic heterocycles. The molecular weight excluding hydrogens is 787 g/mol. The molecule has 9 heterocycles. The highest BCUT2D eigenvalue weighted by Gasteiger charge is 2.64. The van der Waals surface area contributed by atoms with Crippen LogP contribution in [0.5, 0.6) is 0 Å². The fraction of sp³-hybridized carbons (Fsp3) is 0.851. The molecule has 0 radical (unpaired) electrons. The highest BCUT2D eigenvalue weighted by molar-refractivity contribution is 5.67. The van der Waals surface area contributed by atoms with Gasteiger partial charge >= 0.3 is 5.97 Å². The van der Waals surface area contributed by atoms with E-state index in [9.17, 15) is 20.1 Å². The summed E-state index contributed by atoms with van der Waals surface area (Å²) < 4.78 is 54.0. The zero-order valence-electron chi connectivity index (χ0n) is 36.9. The van der Waals surface area contributed by atoms with Gasteiger partial charge in [-0.3, -0.25) is 10.1 Å². The van der Waals surface area contributed by atoms with E-state index < -0.39 is 65.4 Å². The van der Waals surface area contributed by atoms with E-state index in [0.717, 1.165) is 37.8 Å². The molecule has 0 amide bonds. The van der Waals surface area contributed by atoms with E-state index in [1.807, 2.05) is 19.1 Å². The van der Waals surface area contributed by atoms with Crippen molar-refractivity contribution in [3.8, 4) is 0 Å². The molecule has 3 spiro atoms. The second-order valence-electron chi connectivity index (χ2n) is 21.1. The Balaban J connectivity index is 0.846. The summed E-state index contributed by atoms with van der Waals surface area (Å²) in [5, 5.41) is 47.4. The van der Waals surface area contributed by atoms with Gasteiger partial charge in [-0.15, -0.1) is 0 Å². The number of aliphatic hydroxyl groups excluding tert-OH is 2. The van der Waals surface area contributed by atoms with Crippen LogP contribution < -0.4 is 5.32 Å². The van der Waals surface area contributed by atoms with Gasteiger partial charge < -0.3 is 58.3 Å². The van der Waals surface area contributed by atoms with Gasteiger partial charge in [-0.1, -0.05) is 66.3 Å². The van der Waals surface area contributed by atoms with Crippen molar-refractivity contribution in [2.24, 2.45) is 35.5 Å². The van der Waals surface area contributed by atoms with E-state index in [2.05, 4.69) is 46.5 Å². The summed E-state index contributed by atoms with van der Waals surface area (Å²) in [6.45, 7) is 18.4. The summed E-state index contributed by atoms with van der Waals surface area (Å²) in [4.78, 5) is 11.0. The number of aliphatic carboxylic acids is 1. The number of carboxylic acids is 1. The topological polar surface area (TPSA) is 184 Å². The molecule has 342 valence electrons. The standard InChI is InChI=1S/C47H71NO13/c1-25-16-36-41-38(23-45(59-41)29(5)15-26(2)24-48-45)57-44(21-25,56-36)22-28(4)40-27(3)17-31(7)47(53,60-40)42(52)37-20-35-34(54-37)18-30(6)46(58-35)14-13-43(61-46)12-8-9-33(55-43)11-10-32(49)19-39(50)51/h8,10-12,25-27,29-38,40-42,48-49,52-53H,4,9,13-24H2,1-3,5-7H3,(H,50,51). The lowest BCUT2D eigenvalue weighted by atomic mass is 9.76. The number of nitrogens with one attached hydrogen (secondary N) is 1. The molecule has 9 aliphatic rings. The Hall–Kier alpha value is -1.79. The van der Waals surface area contributed by atoms with Crippen LogP contribution in [0.2, 0.25) is 0 Å². The van der Waals surface area contributed by atoms with Crippen LogP contribution in [0.15, 0.2) is 36.5 Å². The van der Waals surface area contributed by atoms with Crippen LogP contribution in [0.25, 0.3) is 0 Å². The number of ether oxygens (including phenoxy) is 8. The highest BCUT2D eigenvalue weighted by Crippen LogP contribution is 2.55. The van der Waals surface area contributed by atoms with Crippen LogP contribution in [-0.2, 0) is 42.7 Å². The quantitative estimate of drug-likeness (QED) is 0.190. The van der Waals surface area contributed by atoms with E-state index in [0.29, 0.717) is 62.7 Å². The van der Waals surface area contributed by atoms with E-state index >= 15 is 0 Å². The number of aliphatic hydroxyl groups is 3. The smallest absolute Gasteiger partial charge is 0.306 e. The van der Waals surface area contributed by atoms with Gasteiger partial charge in [-0.2, -0.15) is 0 Å². The zero-order valence-corrected chi connectivity index (χ0v) is 36.9. The van der Waals surface area contributed by atoms with E-state index in [-0.39, 0.29) is 54.7 Å². The number of carboxylic acid groups (broad SMARTS) is 1. The van der Waals surface area contributed by atoms with Crippen molar-refractivity contribution < 1.29 is 63.1 Å². The maximum absolute atomic E-state index is 12.4. The Kier molecular flexibility index (Phi) is 11.8. The molecule has 9 rings (SSSR count). The maximum atomic E-state index is 12.4. The van der Waals surface area contributed by atoms with E-state index in [4.69, 9.17) is 43.0 Å². The lowest BCUT2D eigenvalue weighted by Crippen LogP contribution is -2.62. The molecule has 0 aromatic heterocycles. The van der Waals surface area contributed by atoms with Crippen molar-refractivity contribution in [3.05, 3.63) is 36.5 Å². The number of hydrogen-bond acceptors (Lipinski definition) is 13. The second-order valence-corrected chi connectivity index (χ2v) is 21.1. The van der Waals surface area contributed by atoms with Crippen LogP contribution in [0.3, 0.4) is 0 Å². The monoisotopic (exact) mass is 857 g/mol. The molecule has 14 nitrogen and oxygen atoms in total. The molecule has 14 heteroatoms. The van der Waals surface area contributed by atoms with Gasteiger partial charge in [-0.05, 0) is 67.4 Å². The third kappa shape index (κ3) is 8.15. The molecule has 0 aromatic carbocycles. The minimum atomic E-state index is -1.90. The Morgan fingerprint density at radius 1 is 0.852 bits per heavy atom. The van der Waals surface area contributed by atoms with Gasteiger partial charge in [0.1, 0.15) is 17.9 Å². The van der Waals surface area contributed by atoms with Crippen molar-refractivity contribution in [1.82, 2.24) is 5.32 Å². The van der Waals surface area contributed by atoms with Crippen molar-refractivity contribution in [2.45, 2.75) is 209 Å². The van der Waals surface area contributed by atoms with Crippen molar-refractivity contribution >= 4 is 5.97 Å². The largest absolute Gasteiger partial charge is 0.481 e. The number of fused-ring (bicyclic) bond motifs is 5. The Bertz CT molecular complexity index is 1730. The summed E-state index contributed by atoms with van der Waals surface area (Å²) in [6, 6.07) is 0. The fourth-order valence-electron chi connectivity index (χ4n) is 12.9. The van der Waals surface area contributed by atoms with Gasteiger partial charge in [0.2, 0.25) is 0 Å². The third-order valence-corrected chi connectivity index (χ3v) is 16.0. The zero-order chi connectivity index (χ0) is 43.3. The van der Waals surface area contributed by atoms with Gasteiger partial charge in [0, 0.05) is 56.9 Å². The Labute approximate surface area is 360 Å². The molecule has 8 saturated heterocycles. The van der Waals surface area contributed by atoms with Crippen LogP contribution in [-0.4, -0.2) is 123 Å². The van der Waals surface area contributed by atoms with Gasteiger partial charge in [0.25, 0.3) is 0 Å². The molecule has 0 aromatic rings. The van der Waals surface area contributed by atoms with Crippen LogP contribution in [0, 0.1) is 35.5 Å². The Morgan fingerprint density at radius 2 is 1.64 bits per heavy atom. The van der Waals surface area contributed by atoms with E-state index in [1.54, 1.807) is 6.08 Å². The van der Waals surface area contributed by atoms with Crippen LogP contribution in [0.1, 0.15) is 119 Å². The van der Waals surface area contributed by atoms with Crippen LogP contribution >= 0.6 is 0 Å². The Morgan fingerprint density at radius 3 is 2.41 bits per heavy atom. The van der Waals surface area contributed by atoms with Crippen molar-refractivity contribution in [2.75, 3.05) is 6.54 Å². The first-order chi connectivity index (χ1) is 28.8. The molecule has 21 unspecified atom stereocenters. The molecule has 5 N–H and O–H groups in total. The maximum Gasteiger partial charge on any atom is 0.306 e. The number of hydrogen-bond donors (Lipinski definition) is 5. The van der Waals surface area contributed by atoms with Crippen LogP contribution in [0.4, 0.5) is 0 Å². The number of rotatable bonds is 9. The molecule has 21 atom stereocenters. The predicted molar refractivity (Wildman–Crippen MR) is 220 cm³/mol. The highest BCUT2D eigenvalue weighted by atomic mass is 16.8. The first-order valence-electron chi connectivity index (χ1n) is 23.3. The van der Waals surface area contributed by atoms with Gasteiger partial charge in [0.05, 0.1) is 55.3 Å². The first kappa shape index (κ1) is 44.4. The summed E-state index contributed by atoms with van der Waals surface area (Å²) in [5.74, 6) is -4.94. The molecule has 2 bridgehead atoms. The SMILES string of the molecule is C=C(CC12CC(C)CC(O1)C1OC3(CC1O2)NCC(C)CC3C)C1OC(O)(C(O)C2CC3OC4(CCC5(C=CCC(C=CC(O)CC(=O)O)O5)O4)C(C)CC3O2)C(C)CC1C. The average Bonchev–Trinajstić information content (AvgIpc) is 3.87. The summed E-state index contributed by atoms with van der Waals surface area (Å²) in [7, 11) is 0. The molecule has 8 fully saturated rings. The normalized spacial score (nSPS) is 52.7. The van der Waals surface area contributed by atoms with Crippen molar-refractivity contribution in [1.29, 1.82) is 0 Å². The summed E-state index contributed by atoms with van der Waals surface area (Å²) >= 11 is 0. The molecule has 61 heavy (non-hydrogen) atoms. The number of piperidine rings is 1. The minimum Gasteiger partial charge on any atom is -0.481 e. The third-order valence-electron chi connectivity index (χ3n) is 16.0. The molecule has 0 aliphatic carbocycles. The number of carbonyl (C=O) groups is 1. The van der Waals surface area contributed by atoms with Gasteiger partial charge in [-0.25, -0.2) is 0 Å². The lowest BCUT2D eigenvalue weighted by Gasteiger charge is -2.53. The average molecular weight is 858 g/mol. The predicted octanol–water partition coefficient (Wildman–Crippen LogP) is 5.23. The minimum absolute atomic E-state index is 0.0239. The first-order valence-corrected chi connectivity index (χ1v) is 23.3. The molecular formula is C47H71NO13. The van der Waals surface area contributed by atoms with Crippen molar-refractivity contribution in [3.63, 3.8) is 0 Å².